The summed E-state index contributed by atoms with van der Waals surface area (Å²) in [4.78, 5) is 27.9. The summed E-state index contributed by atoms with van der Waals surface area (Å²) in [7, 11) is 3.95. The normalized spacial score (nSPS) is 12.9. The summed E-state index contributed by atoms with van der Waals surface area (Å²) in [6.07, 6.45) is 0.790. The Bertz CT molecular complexity index is 874. The Labute approximate surface area is 152 Å². The Morgan fingerprint density at radius 3 is 2.46 bits per heavy atom. The molecule has 0 saturated carbocycles. The number of rotatable bonds is 6. The molecule has 0 spiro atoms. The third-order valence-electron chi connectivity index (χ3n) is 4.46. The monoisotopic (exact) mass is 354 g/mol. The van der Waals surface area contributed by atoms with Gasteiger partial charge in [0.25, 0.3) is 0 Å². The van der Waals surface area contributed by atoms with Crippen LogP contribution in [0.15, 0.2) is 30.3 Å². The molecule has 0 aromatic heterocycles. The molecule has 0 heterocycles. The minimum absolute atomic E-state index is 0.00907. The van der Waals surface area contributed by atoms with Crippen molar-refractivity contribution in [2.75, 3.05) is 27.2 Å². The van der Waals surface area contributed by atoms with Gasteiger partial charge in [-0.05, 0) is 32.6 Å². The van der Waals surface area contributed by atoms with Crippen LogP contribution in [0.1, 0.15) is 43.8 Å². The maximum absolute atomic E-state index is 13.1. The predicted octanol–water partition coefficient (Wildman–Crippen LogP) is 1.96. The molecule has 1 aliphatic rings. The molecule has 0 bridgehead atoms. The fourth-order valence-corrected chi connectivity index (χ4v) is 3.13. The van der Waals surface area contributed by atoms with Crippen LogP contribution in [-0.2, 0) is 6.54 Å². The summed E-state index contributed by atoms with van der Waals surface area (Å²) in [6.45, 7) is 1.36. The van der Waals surface area contributed by atoms with Gasteiger partial charge in [-0.1, -0.05) is 18.2 Å². The van der Waals surface area contributed by atoms with E-state index in [4.69, 9.17) is 10.5 Å². The van der Waals surface area contributed by atoms with E-state index in [-0.39, 0.29) is 34.8 Å². The summed E-state index contributed by atoms with van der Waals surface area (Å²) in [5.74, 6) is -0.572. The molecule has 2 aromatic carbocycles. The molecule has 0 unspecified atom stereocenters. The molecule has 6 heteroatoms. The van der Waals surface area contributed by atoms with Gasteiger partial charge in [-0.3, -0.25) is 9.59 Å². The fraction of sp³-hybridized carbons (Fsp3) is 0.300. The van der Waals surface area contributed by atoms with Crippen molar-refractivity contribution in [1.29, 1.82) is 0 Å². The zero-order chi connectivity index (χ0) is 18.8. The maximum atomic E-state index is 13.1. The van der Waals surface area contributed by atoms with E-state index in [2.05, 4.69) is 0 Å². The molecule has 0 atom stereocenters. The van der Waals surface area contributed by atoms with Gasteiger partial charge in [0.15, 0.2) is 5.78 Å². The third-order valence-corrected chi connectivity index (χ3v) is 4.46. The first-order chi connectivity index (χ1) is 12.5. The van der Waals surface area contributed by atoms with Crippen molar-refractivity contribution in [3.63, 3.8) is 0 Å². The fourth-order valence-electron chi connectivity index (χ4n) is 3.13. The summed E-state index contributed by atoms with van der Waals surface area (Å²) in [6, 6.07) is 8.11. The van der Waals surface area contributed by atoms with Crippen LogP contribution >= 0.6 is 0 Å². The number of hydrogen-bond donors (Lipinski definition) is 2. The van der Waals surface area contributed by atoms with Gasteiger partial charge in [0.1, 0.15) is 11.5 Å². The second kappa shape index (κ2) is 7.27. The molecule has 0 amide bonds. The molecule has 0 radical (unpaired) electrons. The van der Waals surface area contributed by atoms with Crippen molar-refractivity contribution in [2.45, 2.75) is 13.0 Å². The first-order valence-corrected chi connectivity index (χ1v) is 8.50. The molecule has 136 valence electrons. The largest absolute Gasteiger partial charge is 0.507 e. The van der Waals surface area contributed by atoms with Gasteiger partial charge in [-0.15, -0.1) is 0 Å². The van der Waals surface area contributed by atoms with Crippen molar-refractivity contribution in [1.82, 2.24) is 4.90 Å². The van der Waals surface area contributed by atoms with Crippen LogP contribution in [0.2, 0.25) is 0 Å². The molecule has 6 nitrogen and oxygen atoms in total. The van der Waals surface area contributed by atoms with Gasteiger partial charge in [-0.2, -0.15) is 0 Å². The lowest BCUT2D eigenvalue weighted by atomic mass is 9.82. The van der Waals surface area contributed by atoms with E-state index in [1.54, 1.807) is 30.3 Å². The second-order valence-electron chi connectivity index (χ2n) is 6.54. The molecule has 26 heavy (non-hydrogen) atoms. The number of benzene rings is 2. The van der Waals surface area contributed by atoms with E-state index in [0.29, 0.717) is 23.5 Å². The highest BCUT2D eigenvalue weighted by molar-refractivity contribution is 6.30. The number of hydrogen-bond acceptors (Lipinski definition) is 6. The third kappa shape index (κ3) is 3.09. The SMILES string of the molecule is CN(C)CCCOc1cccc2c1C(=O)c1c(ccc(CN)c1O)C2=O. The van der Waals surface area contributed by atoms with Crippen molar-refractivity contribution in [3.05, 3.63) is 58.1 Å². The van der Waals surface area contributed by atoms with Crippen molar-refractivity contribution < 1.29 is 19.4 Å². The lowest BCUT2D eigenvalue weighted by molar-refractivity contribution is 0.0973. The first-order valence-electron chi connectivity index (χ1n) is 8.50. The van der Waals surface area contributed by atoms with E-state index in [1.165, 1.54) is 0 Å². The van der Waals surface area contributed by atoms with Crippen LogP contribution in [-0.4, -0.2) is 48.8 Å². The Hall–Kier alpha value is -2.70. The zero-order valence-electron chi connectivity index (χ0n) is 14.9. The standard InChI is InChI=1S/C20H22N2O4/c1-22(2)9-4-10-26-15-6-3-5-13-16(15)20(25)17-14(19(13)24)8-7-12(11-21)18(17)23/h3,5-8,23H,4,9-11,21H2,1-2H3. The molecular weight excluding hydrogens is 332 g/mol. The van der Waals surface area contributed by atoms with Crippen LogP contribution in [0.5, 0.6) is 11.5 Å². The van der Waals surface area contributed by atoms with Gasteiger partial charge >= 0.3 is 0 Å². The average molecular weight is 354 g/mol. The highest BCUT2D eigenvalue weighted by Gasteiger charge is 2.35. The predicted molar refractivity (Wildman–Crippen MR) is 98.0 cm³/mol. The first kappa shape index (κ1) is 18.1. The number of aromatic hydroxyl groups is 1. The van der Waals surface area contributed by atoms with Crippen molar-refractivity contribution in [3.8, 4) is 11.5 Å². The summed E-state index contributed by atoms with van der Waals surface area (Å²) < 4.78 is 5.78. The second-order valence-corrected chi connectivity index (χ2v) is 6.54. The van der Waals surface area contributed by atoms with E-state index in [1.807, 2.05) is 19.0 Å². The maximum Gasteiger partial charge on any atom is 0.201 e. The van der Waals surface area contributed by atoms with E-state index < -0.39 is 5.78 Å². The van der Waals surface area contributed by atoms with Crippen LogP contribution in [0, 0.1) is 0 Å². The zero-order valence-corrected chi connectivity index (χ0v) is 14.9. The van der Waals surface area contributed by atoms with E-state index in [9.17, 15) is 14.7 Å². The van der Waals surface area contributed by atoms with Crippen molar-refractivity contribution >= 4 is 11.6 Å². The average Bonchev–Trinajstić information content (AvgIpc) is 2.62. The highest BCUT2D eigenvalue weighted by atomic mass is 16.5. The summed E-state index contributed by atoms with van der Waals surface area (Å²) in [5.41, 5.74) is 6.75. The van der Waals surface area contributed by atoms with Gasteiger partial charge in [0, 0.05) is 29.8 Å². The van der Waals surface area contributed by atoms with Gasteiger partial charge in [-0.25, -0.2) is 0 Å². The highest BCUT2D eigenvalue weighted by Crippen LogP contribution is 2.38. The quantitative estimate of drug-likeness (QED) is 0.658. The minimum Gasteiger partial charge on any atom is -0.507 e. The minimum atomic E-state index is -0.411. The van der Waals surface area contributed by atoms with Crippen LogP contribution in [0.3, 0.4) is 0 Å². The Balaban J connectivity index is 2.00. The van der Waals surface area contributed by atoms with Gasteiger partial charge < -0.3 is 20.5 Å². The van der Waals surface area contributed by atoms with Gasteiger partial charge in [0.05, 0.1) is 17.7 Å². The van der Waals surface area contributed by atoms with E-state index >= 15 is 0 Å². The Kier molecular flexibility index (Phi) is 5.06. The molecule has 3 rings (SSSR count). The molecule has 0 saturated heterocycles. The number of nitrogens with two attached hydrogens (primary N) is 1. The van der Waals surface area contributed by atoms with Crippen LogP contribution in [0.25, 0.3) is 0 Å². The molecule has 0 aliphatic heterocycles. The number of nitrogens with zero attached hydrogens (tertiary/aromatic N) is 1. The number of phenols is 1. The number of fused-ring (bicyclic) bond motifs is 2. The molecular formula is C20H22N2O4. The Morgan fingerprint density at radius 2 is 1.77 bits per heavy atom. The molecule has 2 aromatic rings. The van der Waals surface area contributed by atoms with Crippen molar-refractivity contribution in [2.24, 2.45) is 5.73 Å². The Morgan fingerprint density at radius 1 is 1.04 bits per heavy atom. The molecule has 3 N–H and O–H groups in total. The number of carbonyl (C=O) groups excluding carboxylic acids is 2. The summed E-state index contributed by atoms with van der Waals surface area (Å²) in [5, 5.41) is 10.4. The number of phenolic OH excluding ortho intramolecular Hbond substituents is 1. The molecule has 0 fully saturated rings. The summed E-state index contributed by atoms with van der Waals surface area (Å²) >= 11 is 0. The lowest BCUT2D eigenvalue weighted by Gasteiger charge is -2.22. The van der Waals surface area contributed by atoms with Crippen LogP contribution in [0.4, 0.5) is 0 Å². The topological polar surface area (TPSA) is 92.9 Å². The molecule has 1 aliphatic carbocycles. The van der Waals surface area contributed by atoms with E-state index in [0.717, 1.165) is 13.0 Å². The number of ketones is 2. The lowest BCUT2D eigenvalue weighted by Crippen LogP contribution is -2.23. The van der Waals surface area contributed by atoms with Gasteiger partial charge in [0.2, 0.25) is 5.78 Å². The smallest absolute Gasteiger partial charge is 0.201 e. The van der Waals surface area contributed by atoms with Crippen LogP contribution < -0.4 is 10.5 Å². The number of ether oxygens (including phenoxy) is 1. The number of carbonyl (C=O) groups is 2.